The molecule has 2 heterocycles. The molecule has 9 heteroatoms. The van der Waals surface area contributed by atoms with Crippen LogP contribution in [0.2, 0.25) is 0 Å². The summed E-state index contributed by atoms with van der Waals surface area (Å²) in [6.07, 6.45) is 3.29. The minimum absolute atomic E-state index is 0.0146. The summed E-state index contributed by atoms with van der Waals surface area (Å²) < 4.78 is 7.17. The van der Waals surface area contributed by atoms with Crippen molar-refractivity contribution in [1.29, 1.82) is 0 Å². The van der Waals surface area contributed by atoms with Gasteiger partial charge in [-0.25, -0.2) is 19.6 Å². The van der Waals surface area contributed by atoms with Crippen molar-refractivity contribution < 1.29 is 4.74 Å². The molecule has 30 heavy (non-hydrogen) atoms. The Bertz CT molecular complexity index is 939. The smallest absolute Gasteiger partial charge is 0.194 e. The zero-order valence-corrected chi connectivity index (χ0v) is 18.8. The van der Waals surface area contributed by atoms with Crippen LogP contribution in [0.15, 0.2) is 47.3 Å². The highest BCUT2D eigenvalue weighted by atomic mass is 32.1. The van der Waals surface area contributed by atoms with E-state index in [2.05, 4.69) is 61.9 Å². The number of hydrogen-bond acceptors (Lipinski definition) is 6. The van der Waals surface area contributed by atoms with E-state index < -0.39 is 0 Å². The van der Waals surface area contributed by atoms with Gasteiger partial charge in [0.2, 0.25) is 0 Å². The van der Waals surface area contributed by atoms with Gasteiger partial charge in [0.15, 0.2) is 5.96 Å². The van der Waals surface area contributed by atoms with Crippen LogP contribution in [0.5, 0.6) is 0 Å². The second-order valence-corrected chi connectivity index (χ2v) is 7.88. The second kappa shape index (κ2) is 10.8. The molecule has 0 saturated carbocycles. The largest absolute Gasteiger partial charge is 0.375 e. The number of nitrogens with zero attached hydrogens (tertiary/aromatic N) is 6. The fourth-order valence-electron chi connectivity index (χ4n) is 2.96. The standard InChI is InChI=1S/C21H29N7OS/c1-5-23-21(27(3)12-19-13-30-20(26-19)16(2)29-4)24-10-17-7-6-8-18(9-17)11-28-15-22-14-25-28/h6-9,13-16H,5,10-12H2,1-4H3,(H,23,24). The van der Waals surface area contributed by atoms with Gasteiger partial charge in [-0.3, -0.25) is 0 Å². The summed E-state index contributed by atoms with van der Waals surface area (Å²) in [6.45, 7) is 6.87. The molecule has 1 N–H and O–H groups in total. The monoisotopic (exact) mass is 427 g/mol. The first-order valence-electron chi connectivity index (χ1n) is 9.95. The number of aromatic nitrogens is 4. The number of nitrogens with one attached hydrogen (secondary N) is 1. The van der Waals surface area contributed by atoms with Crippen molar-refractivity contribution in [2.24, 2.45) is 4.99 Å². The first kappa shape index (κ1) is 21.9. The lowest BCUT2D eigenvalue weighted by Crippen LogP contribution is -2.38. The van der Waals surface area contributed by atoms with Gasteiger partial charge in [-0.1, -0.05) is 24.3 Å². The molecule has 1 atom stereocenters. The van der Waals surface area contributed by atoms with Gasteiger partial charge in [0.1, 0.15) is 23.8 Å². The van der Waals surface area contributed by atoms with Crippen LogP contribution in [-0.2, 0) is 24.4 Å². The summed E-state index contributed by atoms with van der Waals surface area (Å²) in [4.78, 5) is 15.6. The Morgan fingerprint density at radius 2 is 2.20 bits per heavy atom. The van der Waals surface area contributed by atoms with Crippen molar-refractivity contribution in [3.05, 3.63) is 64.1 Å². The number of aliphatic imine (C=N–C) groups is 1. The van der Waals surface area contributed by atoms with Gasteiger partial charge >= 0.3 is 0 Å². The summed E-state index contributed by atoms with van der Waals surface area (Å²) in [5, 5.41) is 10.6. The van der Waals surface area contributed by atoms with Crippen molar-refractivity contribution in [3.63, 3.8) is 0 Å². The minimum atomic E-state index is 0.0146. The van der Waals surface area contributed by atoms with Crippen LogP contribution in [0.3, 0.4) is 0 Å². The predicted molar refractivity (Wildman–Crippen MR) is 119 cm³/mol. The van der Waals surface area contributed by atoms with Gasteiger partial charge in [-0.2, -0.15) is 5.10 Å². The molecule has 0 amide bonds. The Hall–Kier alpha value is -2.78. The van der Waals surface area contributed by atoms with E-state index in [-0.39, 0.29) is 6.10 Å². The fraction of sp³-hybridized carbons (Fsp3) is 0.429. The molecule has 0 bridgehead atoms. The van der Waals surface area contributed by atoms with Crippen molar-refractivity contribution in [2.75, 3.05) is 20.7 Å². The molecule has 2 aromatic heterocycles. The molecule has 0 saturated heterocycles. The van der Waals surface area contributed by atoms with Gasteiger partial charge in [0.05, 0.1) is 25.3 Å². The van der Waals surface area contributed by atoms with Crippen LogP contribution in [0.1, 0.15) is 41.8 Å². The van der Waals surface area contributed by atoms with E-state index in [1.807, 2.05) is 18.7 Å². The maximum Gasteiger partial charge on any atom is 0.194 e. The molecule has 0 fully saturated rings. The van der Waals surface area contributed by atoms with E-state index in [4.69, 9.17) is 9.73 Å². The second-order valence-electron chi connectivity index (χ2n) is 6.99. The molecule has 0 radical (unpaired) electrons. The highest BCUT2D eigenvalue weighted by molar-refractivity contribution is 7.09. The summed E-state index contributed by atoms with van der Waals surface area (Å²) in [6, 6.07) is 8.40. The number of thiazole rings is 1. The SMILES string of the molecule is CCNC(=NCc1cccc(Cn2cncn2)c1)N(C)Cc1csc(C(C)OC)n1. The Labute approximate surface area is 181 Å². The third-order valence-corrected chi connectivity index (χ3v) is 5.64. The summed E-state index contributed by atoms with van der Waals surface area (Å²) in [7, 11) is 3.73. The molecule has 3 rings (SSSR count). The van der Waals surface area contributed by atoms with E-state index >= 15 is 0 Å². The van der Waals surface area contributed by atoms with Gasteiger partial charge in [0.25, 0.3) is 0 Å². The number of rotatable bonds is 9. The predicted octanol–water partition coefficient (Wildman–Crippen LogP) is 3.09. The highest BCUT2D eigenvalue weighted by Gasteiger charge is 2.12. The lowest BCUT2D eigenvalue weighted by Gasteiger charge is -2.21. The molecule has 0 aliphatic heterocycles. The van der Waals surface area contributed by atoms with E-state index in [9.17, 15) is 0 Å². The number of guanidine groups is 1. The molecule has 1 aromatic carbocycles. The van der Waals surface area contributed by atoms with Crippen LogP contribution in [-0.4, -0.2) is 51.3 Å². The third-order valence-electron chi connectivity index (χ3n) is 4.58. The van der Waals surface area contributed by atoms with Crippen molar-refractivity contribution in [2.45, 2.75) is 39.6 Å². The van der Waals surface area contributed by atoms with Crippen LogP contribution >= 0.6 is 11.3 Å². The maximum absolute atomic E-state index is 5.36. The van der Waals surface area contributed by atoms with E-state index in [1.54, 1.807) is 31.1 Å². The number of ether oxygens (including phenoxy) is 1. The molecular formula is C21H29N7OS. The molecule has 1 unspecified atom stereocenters. The highest BCUT2D eigenvalue weighted by Crippen LogP contribution is 2.21. The van der Waals surface area contributed by atoms with Crippen LogP contribution < -0.4 is 5.32 Å². The number of benzene rings is 1. The fourth-order valence-corrected chi connectivity index (χ4v) is 3.81. The first-order valence-corrected chi connectivity index (χ1v) is 10.8. The Balaban J connectivity index is 1.65. The van der Waals surface area contributed by atoms with Crippen molar-refractivity contribution >= 4 is 17.3 Å². The van der Waals surface area contributed by atoms with Gasteiger partial charge < -0.3 is 15.0 Å². The van der Waals surface area contributed by atoms with Gasteiger partial charge in [-0.05, 0) is 25.0 Å². The molecule has 3 aromatic rings. The van der Waals surface area contributed by atoms with E-state index in [0.717, 1.165) is 28.8 Å². The average molecular weight is 428 g/mol. The first-order chi connectivity index (χ1) is 14.6. The Morgan fingerprint density at radius 3 is 2.93 bits per heavy atom. The number of methoxy groups -OCH3 is 1. The van der Waals surface area contributed by atoms with Crippen LogP contribution in [0, 0.1) is 0 Å². The summed E-state index contributed by atoms with van der Waals surface area (Å²) in [5.41, 5.74) is 3.34. The topological polar surface area (TPSA) is 80.5 Å². The summed E-state index contributed by atoms with van der Waals surface area (Å²) >= 11 is 1.63. The van der Waals surface area contributed by atoms with Crippen LogP contribution in [0.25, 0.3) is 0 Å². The van der Waals surface area contributed by atoms with Crippen molar-refractivity contribution in [3.8, 4) is 0 Å². The average Bonchev–Trinajstić information content (AvgIpc) is 3.43. The van der Waals surface area contributed by atoms with E-state index in [1.165, 1.54) is 5.56 Å². The zero-order chi connectivity index (χ0) is 21.3. The van der Waals surface area contributed by atoms with Gasteiger partial charge in [0, 0.05) is 26.1 Å². The van der Waals surface area contributed by atoms with Gasteiger partial charge in [-0.15, -0.1) is 11.3 Å². The molecule has 0 aliphatic carbocycles. The zero-order valence-electron chi connectivity index (χ0n) is 17.9. The van der Waals surface area contributed by atoms with Crippen LogP contribution in [0.4, 0.5) is 0 Å². The molecule has 0 aliphatic rings. The lowest BCUT2D eigenvalue weighted by atomic mass is 10.1. The number of hydrogen-bond donors (Lipinski definition) is 1. The van der Waals surface area contributed by atoms with Crippen molar-refractivity contribution in [1.82, 2.24) is 30.0 Å². The van der Waals surface area contributed by atoms with E-state index in [0.29, 0.717) is 19.6 Å². The lowest BCUT2D eigenvalue weighted by molar-refractivity contribution is 0.119. The molecule has 160 valence electrons. The molecular weight excluding hydrogens is 398 g/mol. The third kappa shape index (κ3) is 6.11. The normalized spacial score (nSPS) is 12.7. The molecule has 8 nitrogen and oxygen atoms in total. The summed E-state index contributed by atoms with van der Waals surface area (Å²) in [5.74, 6) is 0.855. The quantitative estimate of drug-likeness (QED) is 0.418. The Morgan fingerprint density at radius 1 is 1.37 bits per heavy atom. The molecule has 0 spiro atoms. The Kier molecular flexibility index (Phi) is 7.92. The minimum Gasteiger partial charge on any atom is -0.375 e. The maximum atomic E-state index is 5.36.